The first-order valence-corrected chi connectivity index (χ1v) is 9.92. The second kappa shape index (κ2) is 9.51. The monoisotopic (exact) mass is 379 g/mol. The van der Waals surface area contributed by atoms with E-state index in [4.69, 9.17) is 0 Å². The highest BCUT2D eigenvalue weighted by atomic mass is 16.2. The van der Waals surface area contributed by atoms with E-state index in [0.717, 1.165) is 37.2 Å². The van der Waals surface area contributed by atoms with E-state index in [1.807, 2.05) is 36.9 Å². The number of carbonyl (C=O) groups excluding carboxylic acids is 2. The van der Waals surface area contributed by atoms with Gasteiger partial charge in [-0.05, 0) is 49.1 Å². The van der Waals surface area contributed by atoms with E-state index in [2.05, 4.69) is 34.5 Å². The number of benzene rings is 2. The van der Waals surface area contributed by atoms with Gasteiger partial charge in [-0.3, -0.25) is 14.5 Å². The molecule has 0 spiro atoms. The van der Waals surface area contributed by atoms with Crippen molar-refractivity contribution in [2.45, 2.75) is 20.3 Å². The molecule has 0 saturated carbocycles. The van der Waals surface area contributed by atoms with Crippen molar-refractivity contribution >= 4 is 11.8 Å². The maximum absolute atomic E-state index is 12.4. The molecule has 0 atom stereocenters. The number of piperazine rings is 1. The number of nitrogens with one attached hydrogen (secondary N) is 1. The van der Waals surface area contributed by atoms with Crippen molar-refractivity contribution in [1.29, 1.82) is 0 Å². The van der Waals surface area contributed by atoms with E-state index >= 15 is 0 Å². The Morgan fingerprint density at radius 3 is 2.32 bits per heavy atom. The molecule has 0 aliphatic carbocycles. The maximum Gasteiger partial charge on any atom is 0.251 e. The normalized spacial score (nSPS) is 14.7. The molecule has 1 aliphatic rings. The Kier molecular flexibility index (Phi) is 6.82. The van der Waals surface area contributed by atoms with Crippen molar-refractivity contribution in [2.75, 3.05) is 39.3 Å². The molecule has 2 aromatic carbocycles. The predicted molar refractivity (Wildman–Crippen MR) is 111 cm³/mol. The number of hydrogen-bond donors (Lipinski definition) is 1. The zero-order valence-electron chi connectivity index (χ0n) is 16.8. The lowest BCUT2D eigenvalue weighted by Crippen LogP contribution is -2.51. The second-order valence-electron chi connectivity index (χ2n) is 7.44. The summed E-state index contributed by atoms with van der Waals surface area (Å²) >= 11 is 0. The molecule has 2 aromatic rings. The van der Waals surface area contributed by atoms with Gasteiger partial charge >= 0.3 is 0 Å². The summed E-state index contributed by atoms with van der Waals surface area (Å²) in [6, 6.07) is 16.1. The summed E-state index contributed by atoms with van der Waals surface area (Å²) in [6.07, 6.45) is 1.03. The molecule has 5 nitrogen and oxygen atoms in total. The molecular weight excluding hydrogens is 350 g/mol. The Morgan fingerprint density at radius 1 is 0.929 bits per heavy atom. The van der Waals surface area contributed by atoms with Crippen LogP contribution in [0.5, 0.6) is 0 Å². The molecule has 5 heteroatoms. The Hall–Kier alpha value is -2.66. The average Bonchev–Trinajstić information content (AvgIpc) is 2.73. The highest BCUT2D eigenvalue weighted by molar-refractivity contribution is 5.96. The largest absolute Gasteiger partial charge is 0.343 e. The van der Waals surface area contributed by atoms with Gasteiger partial charge in [-0.2, -0.15) is 0 Å². The molecule has 28 heavy (non-hydrogen) atoms. The summed E-state index contributed by atoms with van der Waals surface area (Å²) in [5, 5.41) is 2.76. The van der Waals surface area contributed by atoms with Crippen LogP contribution in [0, 0.1) is 13.8 Å². The van der Waals surface area contributed by atoms with E-state index < -0.39 is 0 Å². The van der Waals surface area contributed by atoms with Crippen LogP contribution in [0.1, 0.15) is 27.0 Å². The van der Waals surface area contributed by atoms with Gasteiger partial charge in [0.25, 0.3) is 5.91 Å². The highest BCUT2D eigenvalue weighted by Crippen LogP contribution is 2.10. The molecule has 1 saturated heterocycles. The summed E-state index contributed by atoms with van der Waals surface area (Å²) < 4.78 is 0. The van der Waals surface area contributed by atoms with Crippen LogP contribution in [-0.2, 0) is 11.2 Å². The van der Waals surface area contributed by atoms with Gasteiger partial charge in [0.05, 0.1) is 6.54 Å². The third-order valence-electron chi connectivity index (χ3n) is 5.45. The molecule has 0 aromatic heterocycles. The molecular formula is C23H29N3O2. The van der Waals surface area contributed by atoms with Crippen LogP contribution in [0.4, 0.5) is 0 Å². The topological polar surface area (TPSA) is 52.7 Å². The Labute approximate surface area is 167 Å². The first kappa shape index (κ1) is 20.1. The van der Waals surface area contributed by atoms with E-state index in [1.54, 1.807) is 6.07 Å². The zero-order chi connectivity index (χ0) is 19.9. The van der Waals surface area contributed by atoms with Crippen LogP contribution >= 0.6 is 0 Å². The van der Waals surface area contributed by atoms with Gasteiger partial charge in [-0.15, -0.1) is 0 Å². The fraction of sp³-hybridized carbons (Fsp3) is 0.391. The number of nitrogens with zero attached hydrogens (tertiary/aromatic N) is 2. The summed E-state index contributed by atoms with van der Waals surface area (Å²) in [7, 11) is 0. The van der Waals surface area contributed by atoms with E-state index in [0.29, 0.717) is 18.7 Å². The van der Waals surface area contributed by atoms with Crippen LogP contribution in [-0.4, -0.2) is 60.9 Å². The average molecular weight is 380 g/mol. The number of carbonyl (C=O) groups is 2. The molecule has 0 bridgehead atoms. The van der Waals surface area contributed by atoms with Crippen molar-refractivity contribution in [3.05, 3.63) is 70.8 Å². The summed E-state index contributed by atoms with van der Waals surface area (Å²) in [4.78, 5) is 29.0. The number of rotatable bonds is 6. The summed E-state index contributed by atoms with van der Waals surface area (Å²) in [6.45, 7) is 8.24. The van der Waals surface area contributed by atoms with Crippen LogP contribution in [0.2, 0.25) is 0 Å². The molecule has 1 aliphatic heterocycles. The maximum atomic E-state index is 12.4. The Bertz CT molecular complexity index is 812. The highest BCUT2D eigenvalue weighted by Gasteiger charge is 2.21. The number of hydrogen-bond acceptors (Lipinski definition) is 3. The van der Waals surface area contributed by atoms with Gasteiger partial charge in [0, 0.05) is 38.3 Å². The molecule has 1 N–H and O–H groups in total. The first-order valence-electron chi connectivity index (χ1n) is 9.92. The van der Waals surface area contributed by atoms with E-state index in [9.17, 15) is 9.59 Å². The Morgan fingerprint density at radius 2 is 1.64 bits per heavy atom. The number of aryl methyl sites for hydroxylation is 2. The molecule has 148 valence electrons. The third-order valence-corrected chi connectivity index (χ3v) is 5.45. The van der Waals surface area contributed by atoms with Crippen LogP contribution < -0.4 is 5.32 Å². The minimum absolute atomic E-state index is 0.0140. The van der Waals surface area contributed by atoms with E-state index in [-0.39, 0.29) is 18.4 Å². The van der Waals surface area contributed by atoms with Crippen molar-refractivity contribution < 1.29 is 9.59 Å². The lowest BCUT2D eigenvalue weighted by molar-refractivity contribution is -0.131. The van der Waals surface area contributed by atoms with Crippen LogP contribution in [0.25, 0.3) is 0 Å². The molecule has 1 heterocycles. The van der Waals surface area contributed by atoms with Crippen molar-refractivity contribution in [2.24, 2.45) is 0 Å². The fourth-order valence-electron chi connectivity index (χ4n) is 3.41. The summed E-state index contributed by atoms with van der Waals surface area (Å²) in [5.41, 5.74) is 4.17. The van der Waals surface area contributed by atoms with Crippen molar-refractivity contribution in [3.63, 3.8) is 0 Å². The van der Waals surface area contributed by atoms with Crippen LogP contribution in [0.15, 0.2) is 48.5 Å². The standard InChI is InChI=1S/C23H29N3O2/c1-18-8-9-21(16-19(18)2)23(28)24-17-22(27)26-14-12-25(13-15-26)11-10-20-6-4-3-5-7-20/h3-9,16H,10-15,17H2,1-2H3,(H,24,28). The minimum atomic E-state index is -0.196. The molecule has 3 rings (SSSR count). The molecule has 1 fully saturated rings. The molecule has 0 unspecified atom stereocenters. The number of amides is 2. The smallest absolute Gasteiger partial charge is 0.251 e. The van der Waals surface area contributed by atoms with Crippen molar-refractivity contribution in [1.82, 2.24) is 15.1 Å². The van der Waals surface area contributed by atoms with Gasteiger partial charge in [0.2, 0.25) is 5.91 Å². The lowest BCUT2D eigenvalue weighted by Gasteiger charge is -2.34. The summed E-state index contributed by atoms with van der Waals surface area (Å²) in [5.74, 6) is -0.210. The molecule has 0 radical (unpaired) electrons. The van der Waals surface area contributed by atoms with Gasteiger partial charge < -0.3 is 10.2 Å². The SMILES string of the molecule is Cc1ccc(C(=O)NCC(=O)N2CCN(CCc3ccccc3)CC2)cc1C. The first-order chi connectivity index (χ1) is 13.5. The minimum Gasteiger partial charge on any atom is -0.343 e. The van der Waals surface area contributed by atoms with Crippen molar-refractivity contribution in [3.8, 4) is 0 Å². The van der Waals surface area contributed by atoms with Gasteiger partial charge in [-0.25, -0.2) is 0 Å². The predicted octanol–water partition coefficient (Wildman–Crippen LogP) is 2.42. The van der Waals surface area contributed by atoms with Gasteiger partial charge in [0.15, 0.2) is 0 Å². The second-order valence-corrected chi connectivity index (χ2v) is 7.44. The molecule has 2 amide bonds. The quantitative estimate of drug-likeness (QED) is 0.839. The third kappa shape index (κ3) is 5.42. The van der Waals surface area contributed by atoms with E-state index in [1.165, 1.54) is 5.56 Å². The van der Waals surface area contributed by atoms with Crippen LogP contribution in [0.3, 0.4) is 0 Å². The zero-order valence-corrected chi connectivity index (χ0v) is 16.8. The fourth-order valence-corrected chi connectivity index (χ4v) is 3.41. The lowest BCUT2D eigenvalue weighted by atomic mass is 10.1. The van der Waals surface area contributed by atoms with Gasteiger partial charge in [0.1, 0.15) is 0 Å². The Balaban J connectivity index is 1.40. The van der Waals surface area contributed by atoms with Gasteiger partial charge in [-0.1, -0.05) is 36.4 Å².